The van der Waals surface area contributed by atoms with Gasteiger partial charge in [-0.15, -0.1) is 0 Å². The second-order valence-corrected chi connectivity index (χ2v) is 2.18. The maximum absolute atomic E-state index is 9.90. The zero-order chi connectivity index (χ0) is 6.97. The predicted molar refractivity (Wildman–Crippen MR) is 38.4 cm³/mol. The number of rotatable bonds is 0. The summed E-state index contributed by atoms with van der Waals surface area (Å²) >= 11 is 0. The van der Waals surface area contributed by atoms with Crippen molar-refractivity contribution >= 4 is 17.7 Å². The first kappa shape index (κ1) is 5.25. The van der Waals surface area contributed by atoms with Crippen molar-refractivity contribution in [2.75, 3.05) is 0 Å². The lowest BCUT2D eigenvalue weighted by Gasteiger charge is -1.73. The summed E-state index contributed by atoms with van der Waals surface area (Å²) in [5.41, 5.74) is 3.70. The van der Waals surface area contributed by atoms with Crippen LogP contribution in [-0.4, -0.2) is 5.94 Å². The smallest absolute Gasteiger partial charge is 0.177 e. The van der Waals surface area contributed by atoms with Gasteiger partial charge in [0.2, 0.25) is 0 Å². The first-order chi connectivity index (χ1) is 4.92. The molecule has 0 unspecified atom stereocenters. The van der Waals surface area contributed by atoms with E-state index in [9.17, 15) is 4.79 Å². The molecule has 0 saturated heterocycles. The largest absolute Gasteiger partial charge is 0.224 e. The molecule has 0 aromatic heterocycles. The van der Waals surface area contributed by atoms with Crippen molar-refractivity contribution in [2.45, 2.75) is 0 Å². The molecule has 0 aliphatic heterocycles. The SMILES string of the molecule is O=C=C=c1cccc2c1=C2. The van der Waals surface area contributed by atoms with Crippen molar-refractivity contribution in [2.24, 2.45) is 0 Å². The Morgan fingerprint density at radius 3 is 3.00 bits per heavy atom. The molecule has 1 aromatic carbocycles. The minimum atomic E-state index is 0.854. The molecule has 2 rings (SSSR count). The molecule has 46 valence electrons. The molecule has 0 fully saturated rings. The summed E-state index contributed by atoms with van der Waals surface area (Å²) in [5, 5.41) is 1.98. The molecular weight excluding hydrogens is 124 g/mol. The van der Waals surface area contributed by atoms with Crippen LogP contribution in [0.15, 0.2) is 18.2 Å². The van der Waals surface area contributed by atoms with Crippen molar-refractivity contribution in [3.63, 3.8) is 0 Å². The molecule has 1 aromatic rings. The van der Waals surface area contributed by atoms with Crippen molar-refractivity contribution in [3.05, 3.63) is 34.2 Å². The minimum Gasteiger partial charge on any atom is -0.224 e. The van der Waals surface area contributed by atoms with Gasteiger partial charge in [-0.25, -0.2) is 4.79 Å². The molecule has 0 radical (unpaired) electrons. The van der Waals surface area contributed by atoms with E-state index in [2.05, 4.69) is 5.73 Å². The third-order valence-electron chi connectivity index (χ3n) is 1.54. The molecule has 0 amide bonds. The molecule has 0 saturated carbocycles. The van der Waals surface area contributed by atoms with Crippen LogP contribution in [0, 0.1) is 0 Å². The fraction of sp³-hybridized carbons (Fsp3) is 0. The summed E-state index contributed by atoms with van der Waals surface area (Å²) in [7, 11) is 0. The van der Waals surface area contributed by atoms with E-state index < -0.39 is 0 Å². The van der Waals surface area contributed by atoms with Gasteiger partial charge in [0.1, 0.15) is 0 Å². The summed E-state index contributed by atoms with van der Waals surface area (Å²) in [5.74, 6) is 1.64. The van der Waals surface area contributed by atoms with E-state index in [1.165, 1.54) is 5.56 Å². The summed E-state index contributed by atoms with van der Waals surface area (Å²) in [6, 6.07) is 5.76. The molecule has 10 heavy (non-hydrogen) atoms. The van der Waals surface area contributed by atoms with Crippen molar-refractivity contribution in [1.29, 1.82) is 0 Å². The van der Waals surface area contributed by atoms with Crippen molar-refractivity contribution in [3.8, 4) is 0 Å². The molecule has 1 aliphatic rings. The van der Waals surface area contributed by atoms with Crippen LogP contribution in [0.3, 0.4) is 0 Å². The lowest BCUT2D eigenvalue weighted by molar-refractivity contribution is 0.570. The Morgan fingerprint density at radius 2 is 2.20 bits per heavy atom. The monoisotopic (exact) mass is 128 g/mol. The van der Waals surface area contributed by atoms with Crippen LogP contribution in [0.2, 0.25) is 0 Å². The molecular formula is C9H4O. The van der Waals surface area contributed by atoms with Gasteiger partial charge in [0.25, 0.3) is 0 Å². The van der Waals surface area contributed by atoms with Gasteiger partial charge in [-0.1, -0.05) is 12.1 Å². The highest BCUT2D eigenvalue weighted by Crippen LogP contribution is 1.98. The van der Waals surface area contributed by atoms with Gasteiger partial charge in [0, 0.05) is 5.22 Å². The van der Waals surface area contributed by atoms with Crippen LogP contribution in [-0.2, 0) is 4.79 Å². The van der Waals surface area contributed by atoms with Crippen LogP contribution < -0.4 is 10.4 Å². The van der Waals surface area contributed by atoms with Gasteiger partial charge in [-0.3, -0.25) is 0 Å². The zero-order valence-corrected chi connectivity index (χ0v) is 5.22. The fourth-order valence-corrected chi connectivity index (χ4v) is 0.992. The van der Waals surface area contributed by atoms with E-state index in [0.717, 1.165) is 10.4 Å². The van der Waals surface area contributed by atoms with Gasteiger partial charge in [0.15, 0.2) is 5.94 Å². The van der Waals surface area contributed by atoms with E-state index in [4.69, 9.17) is 0 Å². The number of benzene rings is 1. The maximum Gasteiger partial charge on any atom is 0.177 e. The van der Waals surface area contributed by atoms with E-state index in [1.54, 1.807) is 5.94 Å². The first-order valence-corrected chi connectivity index (χ1v) is 3.03. The number of carbonyl (C=O) groups excluding carboxylic acids is 1. The Balaban J connectivity index is 3.03. The fourth-order valence-electron chi connectivity index (χ4n) is 0.992. The number of fused-ring (bicyclic) bond motifs is 1. The Morgan fingerprint density at radius 1 is 1.30 bits per heavy atom. The second kappa shape index (κ2) is 1.71. The molecule has 1 heteroatoms. The highest BCUT2D eigenvalue weighted by Gasteiger charge is 2.02. The average Bonchev–Trinajstić information content (AvgIpc) is 2.67. The molecule has 0 bridgehead atoms. The van der Waals surface area contributed by atoms with Gasteiger partial charge in [-0.05, 0) is 28.7 Å². The topological polar surface area (TPSA) is 17.1 Å². The quantitative estimate of drug-likeness (QED) is 0.441. The van der Waals surface area contributed by atoms with E-state index in [1.807, 2.05) is 24.3 Å². The first-order valence-electron chi connectivity index (χ1n) is 3.03. The lowest BCUT2D eigenvalue weighted by Crippen LogP contribution is -2.14. The number of hydrogen-bond donors (Lipinski definition) is 0. The Kier molecular flexibility index (Phi) is 0.900. The third kappa shape index (κ3) is 0.629. The normalized spacial score (nSPS) is 10.4. The third-order valence-corrected chi connectivity index (χ3v) is 1.54. The molecule has 0 heterocycles. The summed E-state index contributed by atoms with van der Waals surface area (Å²) in [6.07, 6.45) is 2.01. The van der Waals surface area contributed by atoms with Crippen molar-refractivity contribution in [1.82, 2.24) is 0 Å². The lowest BCUT2D eigenvalue weighted by atomic mass is 10.3. The summed E-state index contributed by atoms with van der Waals surface area (Å²) < 4.78 is 0. The molecule has 0 N–H and O–H groups in total. The second-order valence-electron chi connectivity index (χ2n) is 2.18. The molecule has 1 nitrogen and oxygen atoms in total. The highest BCUT2D eigenvalue weighted by atomic mass is 16.1. The molecule has 0 atom stereocenters. The Hall–Kier alpha value is -1.55. The van der Waals surface area contributed by atoms with E-state index >= 15 is 0 Å². The summed E-state index contributed by atoms with van der Waals surface area (Å²) in [6.45, 7) is 0. The minimum absolute atomic E-state index is 0.854. The van der Waals surface area contributed by atoms with Gasteiger partial charge >= 0.3 is 0 Å². The Bertz CT molecular complexity index is 444. The molecule has 0 spiro atoms. The van der Waals surface area contributed by atoms with Crippen molar-refractivity contribution < 1.29 is 4.79 Å². The zero-order valence-electron chi connectivity index (χ0n) is 5.22. The van der Waals surface area contributed by atoms with Crippen LogP contribution in [0.5, 0.6) is 0 Å². The van der Waals surface area contributed by atoms with Crippen LogP contribution in [0.4, 0.5) is 0 Å². The van der Waals surface area contributed by atoms with Gasteiger partial charge in [-0.2, -0.15) is 0 Å². The highest BCUT2D eigenvalue weighted by molar-refractivity contribution is 5.69. The van der Waals surface area contributed by atoms with Gasteiger partial charge in [0.05, 0.1) is 0 Å². The van der Waals surface area contributed by atoms with E-state index in [-0.39, 0.29) is 0 Å². The Labute approximate surface area is 57.6 Å². The maximum atomic E-state index is 9.90. The number of hydrogen-bond acceptors (Lipinski definition) is 1. The molecule has 1 aliphatic carbocycles. The van der Waals surface area contributed by atoms with Crippen LogP contribution >= 0.6 is 0 Å². The van der Waals surface area contributed by atoms with Crippen LogP contribution in [0.1, 0.15) is 5.56 Å². The standard InChI is InChI=1S/C9H4O/c10-5-4-7-2-1-3-8-6-9(7)8/h1-3,6H. The van der Waals surface area contributed by atoms with Gasteiger partial charge < -0.3 is 0 Å². The average molecular weight is 128 g/mol. The predicted octanol–water partition coefficient (Wildman–Crippen LogP) is -0.404. The van der Waals surface area contributed by atoms with E-state index in [0.29, 0.717) is 0 Å². The summed E-state index contributed by atoms with van der Waals surface area (Å²) in [4.78, 5) is 9.90. The van der Waals surface area contributed by atoms with Crippen LogP contribution in [0.25, 0.3) is 11.8 Å².